The lowest BCUT2D eigenvalue weighted by atomic mass is 10.2. The van der Waals surface area contributed by atoms with Gasteiger partial charge in [0.1, 0.15) is 0 Å². The van der Waals surface area contributed by atoms with Crippen LogP contribution in [-0.4, -0.2) is 12.2 Å². The maximum absolute atomic E-state index is 7.00. The van der Waals surface area contributed by atoms with Crippen LogP contribution in [0, 0.1) is 6.92 Å². The number of hydrogen-bond donors (Lipinski definition) is 1. The molecule has 15 heavy (non-hydrogen) atoms. The van der Waals surface area contributed by atoms with Crippen molar-refractivity contribution < 1.29 is 5.11 Å². The van der Waals surface area contributed by atoms with E-state index in [2.05, 4.69) is 19.1 Å². The fraction of sp³-hybridized carbons (Fsp3) is 0.571. The fourth-order valence-corrected chi connectivity index (χ4v) is 0.534. The summed E-state index contributed by atoms with van der Waals surface area (Å²) in [6, 6.07) is 10.3. The second kappa shape index (κ2) is 37.9. The molecule has 0 unspecified atom stereocenters. The Labute approximate surface area is 97.2 Å². The van der Waals surface area contributed by atoms with Gasteiger partial charge in [-0.2, -0.15) is 0 Å². The minimum absolute atomic E-state index is 1.00. The molecule has 0 aliphatic rings. The van der Waals surface area contributed by atoms with Gasteiger partial charge in [0.25, 0.3) is 0 Å². The van der Waals surface area contributed by atoms with Crippen molar-refractivity contribution in [1.29, 1.82) is 0 Å². The highest BCUT2D eigenvalue weighted by molar-refractivity contribution is 5.11. The van der Waals surface area contributed by atoms with E-state index in [0.29, 0.717) is 0 Å². The summed E-state index contributed by atoms with van der Waals surface area (Å²) in [5.74, 6) is 0. The lowest BCUT2D eigenvalue weighted by molar-refractivity contribution is 0.399. The first kappa shape index (κ1) is 23.8. The third kappa shape index (κ3) is 32.0. The monoisotopic (exact) mass is 214 g/mol. The third-order valence-corrected chi connectivity index (χ3v) is 0.940. The van der Waals surface area contributed by atoms with E-state index in [9.17, 15) is 0 Å². The highest BCUT2D eigenvalue weighted by Crippen LogP contribution is 1.92. The van der Waals surface area contributed by atoms with Crippen molar-refractivity contribution in [1.82, 2.24) is 0 Å². The number of aliphatic hydroxyl groups is 1. The predicted molar refractivity (Wildman–Crippen MR) is 73.4 cm³/mol. The molecule has 1 aromatic carbocycles. The van der Waals surface area contributed by atoms with E-state index < -0.39 is 0 Å². The smallest absolute Gasteiger partial charge is 0.0319 e. The summed E-state index contributed by atoms with van der Waals surface area (Å²) in [5.41, 5.74) is 1.32. The summed E-state index contributed by atoms with van der Waals surface area (Å²) in [4.78, 5) is 0. The van der Waals surface area contributed by atoms with Crippen molar-refractivity contribution >= 4 is 0 Å². The maximum atomic E-state index is 7.00. The summed E-state index contributed by atoms with van der Waals surface area (Å²) in [6.07, 6.45) is 0. The molecule has 1 aromatic rings. The standard InChI is InChI=1S/C7H8.3C2H6.CH4O/c1-7-5-3-2-4-6-7;4*1-2/h2-6H,1H3;3*1-2H3;2H,1H3. The molecule has 1 rings (SSSR count). The average Bonchev–Trinajstić information content (AvgIpc) is 2.40. The van der Waals surface area contributed by atoms with Crippen LogP contribution >= 0.6 is 0 Å². The van der Waals surface area contributed by atoms with Gasteiger partial charge < -0.3 is 5.11 Å². The molecule has 0 spiro atoms. The predicted octanol–water partition coefficient (Wildman–Crippen LogP) is 4.68. The zero-order valence-electron chi connectivity index (χ0n) is 11.8. The second-order valence-corrected chi connectivity index (χ2v) is 1.65. The lowest BCUT2D eigenvalue weighted by Gasteiger charge is -1.82. The molecule has 0 aliphatic heterocycles. The summed E-state index contributed by atoms with van der Waals surface area (Å²) < 4.78 is 0. The van der Waals surface area contributed by atoms with Crippen molar-refractivity contribution in [3.05, 3.63) is 35.9 Å². The molecule has 0 heterocycles. The van der Waals surface area contributed by atoms with E-state index in [1.54, 1.807) is 0 Å². The molecule has 0 saturated carbocycles. The number of aliphatic hydroxyl groups excluding tert-OH is 1. The number of rotatable bonds is 0. The lowest BCUT2D eigenvalue weighted by Crippen LogP contribution is -1.62. The van der Waals surface area contributed by atoms with Crippen molar-refractivity contribution in [3.63, 3.8) is 0 Å². The van der Waals surface area contributed by atoms with E-state index >= 15 is 0 Å². The topological polar surface area (TPSA) is 20.2 Å². The Balaban J connectivity index is -0.0000000650. The quantitative estimate of drug-likeness (QED) is 0.664. The van der Waals surface area contributed by atoms with Gasteiger partial charge in [0.05, 0.1) is 0 Å². The molecule has 0 fully saturated rings. The van der Waals surface area contributed by atoms with Gasteiger partial charge in [0.15, 0.2) is 0 Å². The molecular formula is C14H30O. The Morgan fingerprint density at radius 1 is 0.667 bits per heavy atom. The van der Waals surface area contributed by atoms with E-state index in [1.807, 2.05) is 59.7 Å². The van der Waals surface area contributed by atoms with Crippen LogP contribution in [0.15, 0.2) is 30.3 Å². The van der Waals surface area contributed by atoms with Crippen molar-refractivity contribution in [2.45, 2.75) is 48.5 Å². The van der Waals surface area contributed by atoms with Crippen LogP contribution in [-0.2, 0) is 0 Å². The van der Waals surface area contributed by atoms with Gasteiger partial charge in [-0.25, -0.2) is 0 Å². The maximum Gasteiger partial charge on any atom is 0.0319 e. The Hall–Kier alpha value is -0.820. The summed E-state index contributed by atoms with van der Waals surface area (Å²) in [6.45, 7) is 14.1. The molecule has 0 atom stereocenters. The number of aryl methyl sites for hydroxylation is 1. The van der Waals surface area contributed by atoms with E-state index in [-0.39, 0.29) is 0 Å². The summed E-state index contributed by atoms with van der Waals surface area (Å²) in [5, 5.41) is 7.00. The van der Waals surface area contributed by atoms with Gasteiger partial charge in [0, 0.05) is 7.11 Å². The molecule has 0 aliphatic carbocycles. The van der Waals surface area contributed by atoms with Gasteiger partial charge in [-0.1, -0.05) is 77.4 Å². The SMILES string of the molecule is CC.CC.CC.CO.Cc1ccccc1. The van der Waals surface area contributed by atoms with E-state index in [1.165, 1.54) is 5.56 Å². The second-order valence-electron chi connectivity index (χ2n) is 1.65. The Morgan fingerprint density at radius 2 is 0.933 bits per heavy atom. The molecular weight excluding hydrogens is 184 g/mol. The van der Waals surface area contributed by atoms with E-state index in [0.717, 1.165) is 7.11 Å². The largest absolute Gasteiger partial charge is 0.400 e. The van der Waals surface area contributed by atoms with Crippen LogP contribution in [0.25, 0.3) is 0 Å². The molecule has 0 saturated heterocycles. The molecule has 1 heteroatoms. The zero-order valence-corrected chi connectivity index (χ0v) is 11.8. The van der Waals surface area contributed by atoms with Crippen LogP contribution < -0.4 is 0 Å². The normalized spacial score (nSPS) is 5.67. The Bertz CT molecular complexity index is 135. The summed E-state index contributed by atoms with van der Waals surface area (Å²) in [7, 11) is 1.00. The minimum Gasteiger partial charge on any atom is -0.400 e. The number of hydrogen-bond acceptors (Lipinski definition) is 1. The Kier molecular flexibility index (Phi) is 60.1. The molecule has 1 N–H and O–H groups in total. The molecule has 92 valence electrons. The first-order valence-corrected chi connectivity index (χ1v) is 5.86. The van der Waals surface area contributed by atoms with Gasteiger partial charge in [-0.3, -0.25) is 0 Å². The van der Waals surface area contributed by atoms with Crippen LogP contribution in [0.3, 0.4) is 0 Å². The molecule has 1 nitrogen and oxygen atoms in total. The highest BCUT2D eigenvalue weighted by atomic mass is 16.2. The molecule has 0 bridgehead atoms. The van der Waals surface area contributed by atoms with Crippen molar-refractivity contribution in [2.75, 3.05) is 7.11 Å². The molecule has 0 radical (unpaired) electrons. The van der Waals surface area contributed by atoms with Gasteiger partial charge in [-0.15, -0.1) is 0 Å². The van der Waals surface area contributed by atoms with Crippen LogP contribution in [0.1, 0.15) is 47.1 Å². The van der Waals surface area contributed by atoms with Crippen molar-refractivity contribution in [2.24, 2.45) is 0 Å². The highest BCUT2D eigenvalue weighted by Gasteiger charge is 1.72. The molecule has 0 amide bonds. The first-order valence-electron chi connectivity index (χ1n) is 5.86. The van der Waals surface area contributed by atoms with Gasteiger partial charge in [0.2, 0.25) is 0 Å². The van der Waals surface area contributed by atoms with Crippen LogP contribution in [0.2, 0.25) is 0 Å². The fourth-order valence-electron chi connectivity index (χ4n) is 0.534. The van der Waals surface area contributed by atoms with Crippen LogP contribution in [0.4, 0.5) is 0 Å². The third-order valence-electron chi connectivity index (χ3n) is 0.940. The minimum atomic E-state index is 1.00. The number of benzene rings is 1. The van der Waals surface area contributed by atoms with E-state index in [4.69, 9.17) is 5.11 Å². The first-order chi connectivity index (χ1) is 7.39. The average molecular weight is 214 g/mol. The van der Waals surface area contributed by atoms with Gasteiger partial charge in [-0.05, 0) is 6.92 Å². The van der Waals surface area contributed by atoms with Gasteiger partial charge >= 0.3 is 0 Å². The Morgan fingerprint density at radius 3 is 1.07 bits per heavy atom. The zero-order chi connectivity index (χ0) is 13.1. The van der Waals surface area contributed by atoms with Crippen LogP contribution in [0.5, 0.6) is 0 Å². The molecule has 0 aromatic heterocycles. The summed E-state index contributed by atoms with van der Waals surface area (Å²) >= 11 is 0. The van der Waals surface area contributed by atoms with Crippen molar-refractivity contribution in [3.8, 4) is 0 Å².